The first-order valence-electron chi connectivity index (χ1n) is 3.59. The molecule has 0 aliphatic carbocycles. The summed E-state index contributed by atoms with van der Waals surface area (Å²) in [6.07, 6.45) is 1.58. The van der Waals surface area contributed by atoms with Gasteiger partial charge in [-0.3, -0.25) is 0 Å². The topological polar surface area (TPSA) is 42.3 Å². The van der Waals surface area contributed by atoms with Gasteiger partial charge in [-0.15, -0.1) is 17.3 Å². The van der Waals surface area contributed by atoms with Gasteiger partial charge in [0, 0.05) is 11.6 Å². The minimum atomic E-state index is 0. The van der Waals surface area contributed by atoms with Crippen molar-refractivity contribution in [2.45, 2.75) is 0 Å². The summed E-state index contributed by atoms with van der Waals surface area (Å²) >= 11 is 0. The van der Waals surface area contributed by atoms with E-state index in [0.717, 1.165) is 10.8 Å². The molecule has 4 heteroatoms. The second kappa shape index (κ2) is 3.96. The molecule has 13 heavy (non-hydrogen) atoms. The van der Waals surface area contributed by atoms with E-state index in [1.807, 2.05) is 30.3 Å². The molecule has 0 atom stereocenters. The van der Waals surface area contributed by atoms with Crippen LogP contribution in [0.25, 0.3) is 10.8 Å². The van der Waals surface area contributed by atoms with Crippen molar-refractivity contribution in [3.63, 3.8) is 0 Å². The Hall–Kier alpha value is -1.48. The molecule has 66 valence electrons. The van der Waals surface area contributed by atoms with E-state index in [-0.39, 0.29) is 18.2 Å². The summed E-state index contributed by atoms with van der Waals surface area (Å²) in [5.74, 6) is 0.258. The maximum atomic E-state index is 10.3. The zero-order valence-electron chi connectivity index (χ0n) is 6.68. The maximum Gasteiger partial charge on any atom is 0.204 e. The number of fused-ring (bicyclic) bond motifs is 1. The first-order valence-corrected chi connectivity index (χ1v) is 3.59. The number of benzene rings is 1. The molecule has 0 bridgehead atoms. The lowest BCUT2D eigenvalue weighted by Crippen LogP contribution is -1.75. The Bertz CT molecular complexity index is 425. The van der Waals surface area contributed by atoms with Crippen LogP contribution in [0.4, 0.5) is 5.82 Å². The van der Waals surface area contributed by atoms with Crippen molar-refractivity contribution in [1.82, 2.24) is 4.98 Å². The fourth-order valence-corrected chi connectivity index (χ4v) is 1.18. The highest BCUT2D eigenvalue weighted by molar-refractivity contribution is 5.90. The molecule has 1 aromatic heterocycles. The second-order valence-corrected chi connectivity index (χ2v) is 2.45. The van der Waals surface area contributed by atoms with Crippen LogP contribution < -0.4 is 0 Å². The lowest BCUT2D eigenvalue weighted by molar-refractivity contribution is 1.29. The highest BCUT2D eigenvalue weighted by Crippen LogP contribution is 2.21. The molecule has 2 aromatic rings. The molecular weight excluding hydrogens is 188 g/mol. The summed E-state index contributed by atoms with van der Waals surface area (Å²) in [5.41, 5.74) is 0. The molecule has 0 fully saturated rings. The smallest absolute Gasteiger partial charge is 0.204 e. The van der Waals surface area contributed by atoms with E-state index in [1.54, 1.807) is 6.20 Å². The summed E-state index contributed by atoms with van der Waals surface area (Å²) in [5, 5.41) is 4.63. The molecule has 0 saturated heterocycles. The zero-order valence-corrected chi connectivity index (χ0v) is 7.49. The molecule has 0 amide bonds. The summed E-state index contributed by atoms with van der Waals surface area (Å²) in [4.78, 5) is 14.2. The van der Waals surface area contributed by atoms with Crippen molar-refractivity contribution in [2.24, 2.45) is 5.18 Å². The molecule has 0 spiro atoms. The van der Waals surface area contributed by atoms with Crippen LogP contribution in [0.3, 0.4) is 0 Å². The standard InChI is InChI=1S/C9H6N2O.ClH/c12-11-9-8-4-2-1-3-7(8)5-6-10-9;/h1-6H;1H. The quantitative estimate of drug-likeness (QED) is 0.655. The molecule has 0 saturated carbocycles. The monoisotopic (exact) mass is 194 g/mol. The summed E-state index contributed by atoms with van der Waals surface area (Å²) in [7, 11) is 0. The van der Waals surface area contributed by atoms with Gasteiger partial charge in [0.1, 0.15) is 0 Å². The number of halogens is 1. The van der Waals surface area contributed by atoms with Gasteiger partial charge in [-0.25, -0.2) is 4.98 Å². The van der Waals surface area contributed by atoms with E-state index in [2.05, 4.69) is 10.2 Å². The van der Waals surface area contributed by atoms with Gasteiger partial charge in [0.2, 0.25) is 5.82 Å². The molecule has 3 nitrogen and oxygen atoms in total. The fraction of sp³-hybridized carbons (Fsp3) is 0. The molecule has 1 aromatic carbocycles. The number of aromatic nitrogens is 1. The van der Waals surface area contributed by atoms with Crippen LogP contribution in [0.5, 0.6) is 0 Å². The Balaban J connectivity index is 0.000000845. The van der Waals surface area contributed by atoms with Gasteiger partial charge in [-0.05, 0) is 16.6 Å². The van der Waals surface area contributed by atoms with Crippen molar-refractivity contribution in [2.75, 3.05) is 0 Å². The minimum Gasteiger partial charge on any atom is -0.234 e. The Labute approximate surface area is 81.2 Å². The van der Waals surface area contributed by atoms with Crippen molar-refractivity contribution in [1.29, 1.82) is 0 Å². The van der Waals surface area contributed by atoms with Crippen LogP contribution in [0.2, 0.25) is 0 Å². The molecule has 0 aliphatic rings. The maximum absolute atomic E-state index is 10.3. The molecule has 0 aliphatic heterocycles. The third kappa shape index (κ3) is 1.65. The fourth-order valence-electron chi connectivity index (χ4n) is 1.18. The average molecular weight is 195 g/mol. The van der Waals surface area contributed by atoms with Crippen molar-refractivity contribution in [3.8, 4) is 0 Å². The number of rotatable bonds is 1. The lowest BCUT2D eigenvalue weighted by atomic mass is 10.2. The highest BCUT2D eigenvalue weighted by atomic mass is 35.5. The van der Waals surface area contributed by atoms with Gasteiger partial charge in [0.15, 0.2) is 0 Å². The number of hydrogen-bond acceptors (Lipinski definition) is 3. The van der Waals surface area contributed by atoms with Crippen LogP contribution in [0.1, 0.15) is 0 Å². The SMILES string of the molecule is Cl.O=Nc1nccc2ccccc12. The van der Waals surface area contributed by atoms with Gasteiger partial charge in [0.05, 0.1) is 0 Å². The predicted octanol–water partition coefficient (Wildman–Crippen LogP) is 3.05. The van der Waals surface area contributed by atoms with Crippen LogP contribution in [0, 0.1) is 4.91 Å². The number of pyridine rings is 1. The first kappa shape index (κ1) is 9.61. The largest absolute Gasteiger partial charge is 0.234 e. The summed E-state index contributed by atoms with van der Waals surface area (Å²) < 4.78 is 0. The van der Waals surface area contributed by atoms with E-state index < -0.39 is 0 Å². The third-order valence-electron chi connectivity index (χ3n) is 1.74. The van der Waals surface area contributed by atoms with Crippen molar-refractivity contribution >= 4 is 29.0 Å². The van der Waals surface area contributed by atoms with E-state index in [9.17, 15) is 4.91 Å². The third-order valence-corrected chi connectivity index (χ3v) is 1.74. The van der Waals surface area contributed by atoms with Gasteiger partial charge in [-0.1, -0.05) is 24.3 Å². The Morgan fingerprint density at radius 3 is 2.69 bits per heavy atom. The van der Waals surface area contributed by atoms with Crippen LogP contribution in [0.15, 0.2) is 41.7 Å². The molecule has 1 heterocycles. The second-order valence-electron chi connectivity index (χ2n) is 2.45. The number of nitroso groups, excluding NO2 is 1. The molecule has 0 unspecified atom stereocenters. The lowest BCUT2D eigenvalue weighted by Gasteiger charge is -1.95. The van der Waals surface area contributed by atoms with Gasteiger partial charge in [0.25, 0.3) is 0 Å². The predicted molar refractivity (Wildman–Crippen MR) is 54.4 cm³/mol. The zero-order chi connectivity index (χ0) is 8.39. The van der Waals surface area contributed by atoms with E-state index >= 15 is 0 Å². The first-order chi connectivity index (χ1) is 5.92. The highest BCUT2D eigenvalue weighted by Gasteiger charge is 1.99. The van der Waals surface area contributed by atoms with E-state index in [0.29, 0.717) is 0 Å². The Morgan fingerprint density at radius 1 is 1.15 bits per heavy atom. The van der Waals surface area contributed by atoms with Crippen LogP contribution in [-0.4, -0.2) is 4.98 Å². The van der Waals surface area contributed by atoms with Gasteiger partial charge < -0.3 is 0 Å². The summed E-state index contributed by atoms with van der Waals surface area (Å²) in [6, 6.07) is 9.38. The number of nitrogens with zero attached hydrogens (tertiary/aromatic N) is 2. The molecular formula is C9H7ClN2O. The Morgan fingerprint density at radius 2 is 1.92 bits per heavy atom. The Kier molecular flexibility index (Phi) is 2.93. The van der Waals surface area contributed by atoms with Gasteiger partial charge in [-0.2, -0.15) is 0 Å². The average Bonchev–Trinajstić information content (AvgIpc) is 2.17. The minimum absolute atomic E-state index is 0. The number of hydrogen-bond donors (Lipinski definition) is 0. The van der Waals surface area contributed by atoms with Gasteiger partial charge >= 0.3 is 0 Å². The normalized spacial score (nSPS) is 9.23. The summed E-state index contributed by atoms with van der Waals surface area (Å²) in [6.45, 7) is 0. The van der Waals surface area contributed by atoms with Crippen LogP contribution >= 0.6 is 12.4 Å². The molecule has 0 N–H and O–H groups in total. The van der Waals surface area contributed by atoms with Crippen LogP contribution in [-0.2, 0) is 0 Å². The van der Waals surface area contributed by atoms with Crippen molar-refractivity contribution < 1.29 is 0 Å². The van der Waals surface area contributed by atoms with E-state index in [1.165, 1.54) is 0 Å². The molecule has 0 radical (unpaired) electrons. The molecule has 2 rings (SSSR count). The van der Waals surface area contributed by atoms with Crippen molar-refractivity contribution in [3.05, 3.63) is 41.4 Å². The van der Waals surface area contributed by atoms with E-state index in [4.69, 9.17) is 0 Å².